The highest BCUT2D eigenvalue weighted by Gasteiger charge is 2.18. The number of fused-ring (bicyclic) bond motifs is 1. The summed E-state index contributed by atoms with van der Waals surface area (Å²) in [5.74, 6) is -0.271. The Morgan fingerprint density at radius 3 is 2.16 bits per heavy atom. The van der Waals surface area contributed by atoms with Crippen LogP contribution in [0.2, 0.25) is 5.02 Å². The number of rotatable bonds is 6. The van der Waals surface area contributed by atoms with Gasteiger partial charge in [0.1, 0.15) is 0 Å². The highest BCUT2D eigenvalue weighted by molar-refractivity contribution is 7.22. The summed E-state index contributed by atoms with van der Waals surface area (Å²) in [5.41, 5.74) is 4.56. The number of aryl methyl sites for hydroxylation is 1. The van der Waals surface area contributed by atoms with Crippen LogP contribution in [0.5, 0.6) is 0 Å². The Hall–Kier alpha value is -4.20. The lowest BCUT2D eigenvalue weighted by Gasteiger charge is -2.19. The molecule has 0 bridgehead atoms. The average Bonchev–Trinajstić information content (AvgIpc) is 3.31. The van der Waals surface area contributed by atoms with E-state index in [0.29, 0.717) is 26.9 Å². The molecule has 0 aliphatic rings. The molecule has 0 saturated heterocycles. The minimum Gasteiger partial charge on any atom is -0.327 e. The molecule has 0 aliphatic heterocycles. The Morgan fingerprint density at radius 2 is 1.51 bits per heavy atom. The third kappa shape index (κ3) is 5.63. The molecule has 0 aliphatic carbocycles. The second-order valence-electron chi connectivity index (χ2n) is 8.44. The van der Waals surface area contributed by atoms with Crippen molar-refractivity contribution in [3.8, 4) is 0 Å². The van der Waals surface area contributed by atoms with Crippen LogP contribution in [0.3, 0.4) is 0 Å². The largest absolute Gasteiger partial charge is 0.327 e. The van der Waals surface area contributed by atoms with Gasteiger partial charge in [-0.05, 0) is 47.9 Å². The third-order valence-corrected chi connectivity index (χ3v) is 7.12. The zero-order valence-electron chi connectivity index (χ0n) is 19.9. The lowest BCUT2D eigenvalue weighted by Crippen LogP contribution is -2.33. The summed E-state index contributed by atoms with van der Waals surface area (Å²) < 4.78 is 0.779. The van der Waals surface area contributed by atoms with Crippen LogP contribution in [0.15, 0.2) is 97.1 Å². The number of hydrogen-bond acceptors (Lipinski definition) is 4. The molecule has 1 heterocycles. The standard InChI is InChI=1S/C29H23ClN4O2S/c1-18-9-8-14-22(30)25(18)32-27(35)21-15-16-23-24(17-21)37-29(31-23)34-28(36)33-26(19-10-4-2-5-11-19)20-12-6-3-7-13-20/h2-17,26H,1H3,(H,32,35)(H2,31,33,34,36). The molecule has 3 N–H and O–H groups in total. The number of carbonyl (C=O) groups excluding carboxylic acids is 2. The number of nitrogens with one attached hydrogen (secondary N) is 3. The van der Waals surface area contributed by atoms with Crippen molar-refractivity contribution >= 4 is 55.9 Å². The number of hydrogen-bond donors (Lipinski definition) is 3. The van der Waals surface area contributed by atoms with Crippen LogP contribution in [0.1, 0.15) is 33.1 Å². The molecule has 6 nitrogen and oxygen atoms in total. The van der Waals surface area contributed by atoms with Crippen molar-refractivity contribution in [2.45, 2.75) is 13.0 Å². The summed E-state index contributed by atoms with van der Waals surface area (Å²) in [5, 5.41) is 9.70. The minimum atomic E-state index is -0.371. The number of benzene rings is 4. The number of amides is 3. The Balaban J connectivity index is 1.32. The Bertz CT molecular complexity index is 1510. The van der Waals surface area contributed by atoms with Gasteiger partial charge in [0.15, 0.2) is 5.13 Å². The number of anilines is 2. The quantitative estimate of drug-likeness (QED) is 0.215. The van der Waals surface area contributed by atoms with E-state index in [4.69, 9.17) is 11.6 Å². The average molecular weight is 527 g/mol. The maximum atomic E-state index is 13.0. The molecule has 37 heavy (non-hydrogen) atoms. The first-order chi connectivity index (χ1) is 18.0. The fourth-order valence-electron chi connectivity index (χ4n) is 4.01. The van der Waals surface area contributed by atoms with Crippen LogP contribution in [-0.2, 0) is 0 Å². The topological polar surface area (TPSA) is 83.1 Å². The number of thiazole rings is 1. The summed E-state index contributed by atoms with van der Waals surface area (Å²) in [7, 11) is 0. The molecule has 0 spiro atoms. The second-order valence-corrected chi connectivity index (χ2v) is 9.88. The first-order valence-electron chi connectivity index (χ1n) is 11.6. The SMILES string of the molecule is Cc1cccc(Cl)c1NC(=O)c1ccc2nc(NC(=O)NC(c3ccccc3)c3ccccc3)sc2c1. The van der Waals surface area contributed by atoms with E-state index < -0.39 is 0 Å². The van der Waals surface area contributed by atoms with Crippen molar-refractivity contribution in [3.05, 3.63) is 124 Å². The van der Waals surface area contributed by atoms with Gasteiger partial charge in [0.25, 0.3) is 5.91 Å². The Labute approximate surface area is 223 Å². The summed E-state index contributed by atoms with van der Waals surface area (Å²) in [4.78, 5) is 30.3. The third-order valence-electron chi connectivity index (χ3n) is 5.87. The van der Waals surface area contributed by atoms with Gasteiger partial charge >= 0.3 is 6.03 Å². The Kier molecular flexibility index (Phi) is 7.16. The van der Waals surface area contributed by atoms with E-state index in [0.717, 1.165) is 21.4 Å². The zero-order chi connectivity index (χ0) is 25.8. The number of carbonyl (C=O) groups is 2. The second kappa shape index (κ2) is 10.8. The summed E-state index contributed by atoms with van der Waals surface area (Å²) in [6, 6.07) is 29.6. The highest BCUT2D eigenvalue weighted by Crippen LogP contribution is 2.29. The van der Waals surface area contributed by atoms with Crippen LogP contribution < -0.4 is 16.0 Å². The van der Waals surface area contributed by atoms with E-state index in [1.807, 2.05) is 79.7 Å². The van der Waals surface area contributed by atoms with Gasteiger partial charge in [-0.2, -0.15) is 0 Å². The van der Waals surface area contributed by atoms with E-state index in [2.05, 4.69) is 20.9 Å². The van der Waals surface area contributed by atoms with Crippen LogP contribution in [0, 0.1) is 6.92 Å². The number of para-hydroxylation sites is 1. The molecule has 5 aromatic rings. The van der Waals surface area contributed by atoms with Gasteiger partial charge in [-0.1, -0.05) is 95.7 Å². The fourth-order valence-corrected chi connectivity index (χ4v) is 5.18. The molecule has 0 unspecified atom stereocenters. The Morgan fingerprint density at radius 1 is 0.838 bits per heavy atom. The number of aromatic nitrogens is 1. The van der Waals surface area contributed by atoms with Crippen molar-refractivity contribution in [1.29, 1.82) is 0 Å². The molecular formula is C29H23ClN4O2S. The van der Waals surface area contributed by atoms with Crippen molar-refractivity contribution in [1.82, 2.24) is 10.3 Å². The highest BCUT2D eigenvalue weighted by atomic mass is 35.5. The first-order valence-corrected chi connectivity index (χ1v) is 12.8. The van der Waals surface area contributed by atoms with E-state index in [1.54, 1.807) is 24.3 Å². The van der Waals surface area contributed by atoms with Gasteiger partial charge in [0.05, 0.1) is 27.0 Å². The molecule has 4 aromatic carbocycles. The molecule has 1 aromatic heterocycles. The maximum Gasteiger partial charge on any atom is 0.321 e. The lowest BCUT2D eigenvalue weighted by atomic mass is 9.99. The monoisotopic (exact) mass is 526 g/mol. The molecule has 0 saturated carbocycles. The van der Waals surface area contributed by atoms with E-state index in [-0.39, 0.29) is 18.0 Å². The first kappa shape index (κ1) is 24.5. The van der Waals surface area contributed by atoms with Crippen molar-refractivity contribution < 1.29 is 9.59 Å². The van der Waals surface area contributed by atoms with Gasteiger partial charge < -0.3 is 10.6 Å². The minimum absolute atomic E-state index is 0.271. The van der Waals surface area contributed by atoms with Gasteiger partial charge in [-0.15, -0.1) is 0 Å². The van der Waals surface area contributed by atoms with Crippen LogP contribution in [0.25, 0.3) is 10.2 Å². The normalized spacial score (nSPS) is 10.9. The molecule has 184 valence electrons. The molecular weight excluding hydrogens is 504 g/mol. The predicted octanol–water partition coefficient (Wildman–Crippen LogP) is 7.42. The number of urea groups is 1. The number of halogens is 1. The molecule has 5 rings (SSSR count). The van der Waals surface area contributed by atoms with E-state index in [9.17, 15) is 9.59 Å². The van der Waals surface area contributed by atoms with Gasteiger partial charge in [-0.3, -0.25) is 10.1 Å². The molecule has 3 amide bonds. The molecule has 0 radical (unpaired) electrons. The van der Waals surface area contributed by atoms with Gasteiger partial charge in [0, 0.05) is 5.56 Å². The van der Waals surface area contributed by atoms with Crippen LogP contribution in [-0.4, -0.2) is 16.9 Å². The fraction of sp³-hybridized carbons (Fsp3) is 0.0690. The van der Waals surface area contributed by atoms with Gasteiger partial charge in [-0.25, -0.2) is 9.78 Å². The molecule has 8 heteroatoms. The zero-order valence-corrected chi connectivity index (χ0v) is 21.4. The van der Waals surface area contributed by atoms with Gasteiger partial charge in [0.2, 0.25) is 0 Å². The molecule has 0 atom stereocenters. The maximum absolute atomic E-state index is 13.0. The van der Waals surface area contributed by atoms with E-state index >= 15 is 0 Å². The van der Waals surface area contributed by atoms with Crippen molar-refractivity contribution in [2.75, 3.05) is 10.6 Å². The lowest BCUT2D eigenvalue weighted by molar-refractivity contribution is 0.102. The smallest absolute Gasteiger partial charge is 0.321 e. The predicted molar refractivity (Wildman–Crippen MR) is 151 cm³/mol. The van der Waals surface area contributed by atoms with Crippen molar-refractivity contribution in [3.63, 3.8) is 0 Å². The number of nitrogens with zero attached hydrogens (tertiary/aromatic N) is 1. The van der Waals surface area contributed by atoms with Crippen molar-refractivity contribution in [2.24, 2.45) is 0 Å². The van der Waals surface area contributed by atoms with E-state index in [1.165, 1.54) is 11.3 Å². The molecule has 0 fully saturated rings. The summed E-state index contributed by atoms with van der Waals surface area (Å²) in [6.45, 7) is 1.89. The van der Waals surface area contributed by atoms with Crippen LogP contribution in [0.4, 0.5) is 15.6 Å². The summed E-state index contributed by atoms with van der Waals surface area (Å²) in [6.07, 6.45) is 0. The van der Waals surface area contributed by atoms with Crippen LogP contribution >= 0.6 is 22.9 Å². The summed E-state index contributed by atoms with van der Waals surface area (Å²) >= 11 is 7.55.